The molecule has 1 aliphatic heterocycles. The van der Waals surface area contributed by atoms with Crippen molar-refractivity contribution in [2.75, 3.05) is 19.8 Å². The smallest absolute Gasteiger partial charge is 0.315 e. The fourth-order valence-corrected chi connectivity index (χ4v) is 2.52. The van der Waals surface area contributed by atoms with E-state index in [1.54, 1.807) is 0 Å². The van der Waals surface area contributed by atoms with E-state index >= 15 is 0 Å². The average Bonchev–Trinajstić information content (AvgIpc) is 2.90. The quantitative estimate of drug-likeness (QED) is 0.629. The number of hydrogen-bond acceptors (Lipinski definition) is 3. The minimum Gasteiger partial charge on any atom is -0.396 e. The van der Waals surface area contributed by atoms with Crippen LogP contribution in [0.3, 0.4) is 0 Å². The molecule has 0 spiro atoms. The molecule has 2 amide bonds. The third-order valence-corrected chi connectivity index (χ3v) is 3.67. The normalized spacial score (nSPS) is 21.9. The van der Waals surface area contributed by atoms with Gasteiger partial charge in [0, 0.05) is 19.8 Å². The predicted molar refractivity (Wildman–Crippen MR) is 75.1 cm³/mol. The van der Waals surface area contributed by atoms with Gasteiger partial charge in [0.15, 0.2) is 0 Å². The van der Waals surface area contributed by atoms with Crippen molar-refractivity contribution in [3.05, 3.63) is 0 Å². The Morgan fingerprint density at radius 2 is 2.26 bits per heavy atom. The summed E-state index contributed by atoms with van der Waals surface area (Å²) >= 11 is 0. The van der Waals surface area contributed by atoms with Crippen LogP contribution in [0.5, 0.6) is 0 Å². The highest BCUT2D eigenvalue weighted by molar-refractivity contribution is 5.74. The van der Waals surface area contributed by atoms with E-state index in [1.165, 1.54) is 0 Å². The van der Waals surface area contributed by atoms with Crippen molar-refractivity contribution >= 4 is 6.03 Å². The monoisotopic (exact) mass is 272 g/mol. The SMILES string of the molecule is CCCC(CCO)CNC(=O)NC(C)C1CCCO1. The van der Waals surface area contributed by atoms with E-state index in [0.29, 0.717) is 12.5 Å². The van der Waals surface area contributed by atoms with Crippen molar-refractivity contribution in [2.24, 2.45) is 5.92 Å². The molecule has 0 bridgehead atoms. The molecule has 5 heteroatoms. The molecule has 3 atom stereocenters. The first kappa shape index (κ1) is 16.2. The van der Waals surface area contributed by atoms with Gasteiger partial charge in [-0.25, -0.2) is 4.79 Å². The Kier molecular flexibility index (Phi) is 7.82. The number of carbonyl (C=O) groups is 1. The molecule has 3 unspecified atom stereocenters. The number of nitrogens with one attached hydrogen (secondary N) is 2. The van der Waals surface area contributed by atoms with Gasteiger partial charge in [-0.1, -0.05) is 13.3 Å². The van der Waals surface area contributed by atoms with Gasteiger partial charge >= 0.3 is 6.03 Å². The van der Waals surface area contributed by atoms with Crippen LogP contribution in [-0.2, 0) is 4.74 Å². The molecule has 1 saturated heterocycles. The summed E-state index contributed by atoms with van der Waals surface area (Å²) in [7, 11) is 0. The van der Waals surface area contributed by atoms with Crippen LogP contribution in [-0.4, -0.2) is 43.0 Å². The van der Waals surface area contributed by atoms with Crippen LogP contribution < -0.4 is 10.6 Å². The zero-order valence-electron chi connectivity index (χ0n) is 12.2. The van der Waals surface area contributed by atoms with Gasteiger partial charge in [0.2, 0.25) is 0 Å². The van der Waals surface area contributed by atoms with Gasteiger partial charge in [0.25, 0.3) is 0 Å². The molecule has 0 aromatic heterocycles. The summed E-state index contributed by atoms with van der Waals surface area (Å²) in [6, 6.07) is -0.0907. The van der Waals surface area contributed by atoms with E-state index in [0.717, 1.165) is 38.7 Å². The van der Waals surface area contributed by atoms with Crippen LogP contribution in [0.25, 0.3) is 0 Å². The summed E-state index contributed by atoms with van der Waals surface area (Å²) < 4.78 is 5.54. The van der Waals surface area contributed by atoms with Crippen LogP contribution in [0.2, 0.25) is 0 Å². The fraction of sp³-hybridized carbons (Fsp3) is 0.929. The molecule has 3 N–H and O–H groups in total. The average molecular weight is 272 g/mol. The first-order valence-electron chi connectivity index (χ1n) is 7.44. The third kappa shape index (κ3) is 6.25. The van der Waals surface area contributed by atoms with Crippen molar-refractivity contribution in [1.82, 2.24) is 10.6 Å². The number of carbonyl (C=O) groups excluding carboxylic acids is 1. The Morgan fingerprint density at radius 3 is 2.84 bits per heavy atom. The van der Waals surface area contributed by atoms with Gasteiger partial charge in [-0.15, -0.1) is 0 Å². The summed E-state index contributed by atoms with van der Waals surface area (Å²) in [4.78, 5) is 11.8. The number of amides is 2. The minimum atomic E-state index is -0.137. The summed E-state index contributed by atoms with van der Waals surface area (Å²) in [5.41, 5.74) is 0. The van der Waals surface area contributed by atoms with E-state index in [4.69, 9.17) is 9.84 Å². The standard InChI is InChI=1S/C14H28N2O3/c1-3-5-12(7-8-17)10-15-14(18)16-11(2)13-6-4-9-19-13/h11-13,17H,3-10H2,1-2H3,(H2,15,16,18). The van der Waals surface area contributed by atoms with Crippen molar-refractivity contribution < 1.29 is 14.6 Å². The lowest BCUT2D eigenvalue weighted by Crippen LogP contribution is -2.47. The molecule has 0 aromatic rings. The molecule has 0 saturated carbocycles. The molecule has 0 aliphatic carbocycles. The van der Waals surface area contributed by atoms with Crippen LogP contribution >= 0.6 is 0 Å². The summed E-state index contributed by atoms with van der Waals surface area (Å²) in [5.74, 6) is 0.360. The molecule has 19 heavy (non-hydrogen) atoms. The number of urea groups is 1. The first-order chi connectivity index (χ1) is 9.17. The Labute approximate surface area is 116 Å². The largest absolute Gasteiger partial charge is 0.396 e. The van der Waals surface area contributed by atoms with E-state index < -0.39 is 0 Å². The van der Waals surface area contributed by atoms with Crippen LogP contribution in [0, 0.1) is 5.92 Å². The lowest BCUT2D eigenvalue weighted by molar-refractivity contribution is 0.0859. The highest BCUT2D eigenvalue weighted by Gasteiger charge is 2.23. The molecule has 0 radical (unpaired) electrons. The highest BCUT2D eigenvalue weighted by atomic mass is 16.5. The Bertz CT molecular complexity index is 249. The molecular formula is C14H28N2O3. The van der Waals surface area contributed by atoms with E-state index in [-0.39, 0.29) is 24.8 Å². The molecule has 112 valence electrons. The van der Waals surface area contributed by atoms with Crippen LogP contribution in [0.15, 0.2) is 0 Å². The summed E-state index contributed by atoms with van der Waals surface area (Å²) in [6.45, 7) is 5.70. The molecule has 5 nitrogen and oxygen atoms in total. The van der Waals surface area contributed by atoms with Gasteiger partial charge in [0.05, 0.1) is 12.1 Å². The lowest BCUT2D eigenvalue weighted by Gasteiger charge is -2.21. The number of rotatable bonds is 8. The second kappa shape index (κ2) is 9.15. The zero-order chi connectivity index (χ0) is 14.1. The van der Waals surface area contributed by atoms with Crippen molar-refractivity contribution in [3.8, 4) is 0 Å². The van der Waals surface area contributed by atoms with E-state index in [1.807, 2.05) is 6.92 Å². The van der Waals surface area contributed by atoms with E-state index in [9.17, 15) is 4.79 Å². The Hall–Kier alpha value is -0.810. The third-order valence-electron chi connectivity index (χ3n) is 3.67. The van der Waals surface area contributed by atoms with Crippen molar-refractivity contribution in [1.29, 1.82) is 0 Å². The Morgan fingerprint density at radius 1 is 1.47 bits per heavy atom. The van der Waals surface area contributed by atoms with Gasteiger partial charge in [-0.2, -0.15) is 0 Å². The van der Waals surface area contributed by atoms with Gasteiger partial charge < -0.3 is 20.5 Å². The van der Waals surface area contributed by atoms with Crippen LogP contribution in [0.4, 0.5) is 4.79 Å². The maximum absolute atomic E-state index is 11.8. The summed E-state index contributed by atoms with van der Waals surface area (Å²) in [5, 5.41) is 14.8. The predicted octanol–water partition coefficient (Wildman–Crippen LogP) is 1.65. The fourth-order valence-electron chi connectivity index (χ4n) is 2.52. The highest BCUT2D eigenvalue weighted by Crippen LogP contribution is 2.15. The van der Waals surface area contributed by atoms with Crippen LogP contribution in [0.1, 0.15) is 46.0 Å². The first-order valence-corrected chi connectivity index (χ1v) is 7.44. The molecule has 0 aromatic carbocycles. The molecular weight excluding hydrogens is 244 g/mol. The van der Waals surface area contributed by atoms with E-state index in [2.05, 4.69) is 17.6 Å². The number of hydrogen-bond donors (Lipinski definition) is 3. The molecule has 1 aliphatic rings. The van der Waals surface area contributed by atoms with Gasteiger partial charge in [-0.05, 0) is 38.5 Å². The second-order valence-corrected chi connectivity index (χ2v) is 5.36. The van der Waals surface area contributed by atoms with Crippen molar-refractivity contribution in [3.63, 3.8) is 0 Å². The van der Waals surface area contributed by atoms with Gasteiger partial charge in [-0.3, -0.25) is 0 Å². The Balaban J connectivity index is 2.21. The number of aliphatic hydroxyl groups is 1. The molecule has 1 rings (SSSR count). The zero-order valence-corrected chi connectivity index (χ0v) is 12.2. The molecule has 1 fully saturated rings. The van der Waals surface area contributed by atoms with Crippen molar-refractivity contribution in [2.45, 2.75) is 58.1 Å². The second-order valence-electron chi connectivity index (χ2n) is 5.36. The minimum absolute atomic E-state index is 0.0463. The summed E-state index contributed by atoms with van der Waals surface area (Å²) in [6.07, 6.45) is 5.09. The topological polar surface area (TPSA) is 70.6 Å². The number of aliphatic hydroxyl groups excluding tert-OH is 1. The lowest BCUT2D eigenvalue weighted by atomic mass is 10.0. The van der Waals surface area contributed by atoms with Gasteiger partial charge in [0.1, 0.15) is 0 Å². The number of ether oxygens (including phenoxy) is 1. The maximum Gasteiger partial charge on any atom is 0.315 e. The molecule has 1 heterocycles. The maximum atomic E-state index is 11.8.